The van der Waals surface area contributed by atoms with Gasteiger partial charge in [-0.15, -0.1) is 0 Å². The van der Waals surface area contributed by atoms with Gasteiger partial charge in [-0.05, 0) is 30.5 Å². The predicted octanol–water partition coefficient (Wildman–Crippen LogP) is 2.64. The molecule has 2 N–H and O–H groups in total. The standard InChI is InChI=1S/C12H15N3/c1-9-3-4-11(5-10(9)2)6-13-12-7-14-15-8-12/h3-5,7-8,13H,6H2,1-2H3,(H,14,15). The van der Waals surface area contributed by atoms with Gasteiger partial charge in [-0.1, -0.05) is 18.2 Å². The quantitative estimate of drug-likeness (QED) is 0.801. The van der Waals surface area contributed by atoms with Gasteiger partial charge in [0.05, 0.1) is 11.9 Å². The Morgan fingerprint density at radius 2 is 2.13 bits per heavy atom. The molecular weight excluding hydrogens is 186 g/mol. The Bertz CT molecular complexity index is 432. The number of hydrogen-bond donors (Lipinski definition) is 2. The van der Waals surface area contributed by atoms with E-state index in [4.69, 9.17) is 0 Å². The van der Waals surface area contributed by atoms with E-state index in [0.717, 1.165) is 12.2 Å². The predicted molar refractivity (Wildman–Crippen MR) is 61.8 cm³/mol. The molecule has 0 saturated heterocycles. The first-order valence-electron chi connectivity index (χ1n) is 5.04. The summed E-state index contributed by atoms with van der Waals surface area (Å²) in [5.41, 5.74) is 4.98. The third-order valence-corrected chi connectivity index (χ3v) is 2.57. The Hall–Kier alpha value is -1.77. The van der Waals surface area contributed by atoms with Crippen molar-refractivity contribution in [1.29, 1.82) is 0 Å². The van der Waals surface area contributed by atoms with E-state index >= 15 is 0 Å². The molecule has 0 spiro atoms. The lowest BCUT2D eigenvalue weighted by Gasteiger charge is -2.06. The van der Waals surface area contributed by atoms with Gasteiger partial charge in [0.1, 0.15) is 0 Å². The molecule has 3 heteroatoms. The summed E-state index contributed by atoms with van der Waals surface area (Å²) in [5.74, 6) is 0. The smallest absolute Gasteiger partial charge is 0.0726 e. The lowest BCUT2D eigenvalue weighted by Crippen LogP contribution is -1.98. The van der Waals surface area contributed by atoms with E-state index in [-0.39, 0.29) is 0 Å². The molecule has 78 valence electrons. The van der Waals surface area contributed by atoms with Gasteiger partial charge in [0.2, 0.25) is 0 Å². The number of aromatic nitrogens is 2. The van der Waals surface area contributed by atoms with Crippen LogP contribution >= 0.6 is 0 Å². The fraction of sp³-hybridized carbons (Fsp3) is 0.250. The minimum absolute atomic E-state index is 0.834. The van der Waals surface area contributed by atoms with E-state index in [1.807, 2.05) is 6.20 Å². The molecule has 3 nitrogen and oxygen atoms in total. The van der Waals surface area contributed by atoms with E-state index in [2.05, 4.69) is 47.6 Å². The van der Waals surface area contributed by atoms with Crippen LogP contribution in [0.3, 0.4) is 0 Å². The van der Waals surface area contributed by atoms with Crippen molar-refractivity contribution in [3.8, 4) is 0 Å². The number of nitrogens with zero attached hydrogens (tertiary/aromatic N) is 1. The summed E-state index contributed by atoms with van der Waals surface area (Å²) in [6.07, 6.45) is 3.63. The first-order valence-corrected chi connectivity index (χ1v) is 5.04. The van der Waals surface area contributed by atoms with E-state index in [1.165, 1.54) is 16.7 Å². The highest BCUT2D eigenvalue weighted by Crippen LogP contribution is 2.11. The SMILES string of the molecule is Cc1ccc(CNc2cn[nH]c2)cc1C. The number of benzene rings is 1. The zero-order chi connectivity index (χ0) is 10.7. The molecule has 1 aromatic carbocycles. The van der Waals surface area contributed by atoms with Crippen molar-refractivity contribution >= 4 is 5.69 Å². The molecule has 0 aliphatic heterocycles. The Kier molecular flexibility index (Phi) is 2.72. The van der Waals surface area contributed by atoms with Crippen LogP contribution in [-0.2, 0) is 6.54 Å². The third-order valence-electron chi connectivity index (χ3n) is 2.57. The van der Waals surface area contributed by atoms with Gasteiger partial charge in [0.25, 0.3) is 0 Å². The molecule has 0 radical (unpaired) electrons. The van der Waals surface area contributed by atoms with Crippen LogP contribution in [0.15, 0.2) is 30.6 Å². The first-order chi connectivity index (χ1) is 7.25. The molecular formula is C12H15N3. The van der Waals surface area contributed by atoms with E-state index in [9.17, 15) is 0 Å². The highest BCUT2D eigenvalue weighted by atomic mass is 15.1. The molecule has 0 atom stereocenters. The van der Waals surface area contributed by atoms with Crippen molar-refractivity contribution in [2.45, 2.75) is 20.4 Å². The normalized spacial score (nSPS) is 10.3. The van der Waals surface area contributed by atoms with Gasteiger partial charge in [-0.2, -0.15) is 5.10 Å². The minimum atomic E-state index is 0.834. The van der Waals surface area contributed by atoms with Gasteiger partial charge in [-0.25, -0.2) is 0 Å². The molecule has 0 aliphatic carbocycles. The summed E-state index contributed by atoms with van der Waals surface area (Å²) in [6, 6.07) is 6.51. The maximum atomic E-state index is 3.88. The van der Waals surface area contributed by atoms with Gasteiger partial charge in [-0.3, -0.25) is 5.10 Å². The molecule has 2 rings (SSSR count). The van der Waals surface area contributed by atoms with Crippen LogP contribution in [0, 0.1) is 13.8 Å². The zero-order valence-electron chi connectivity index (χ0n) is 9.04. The number of H-pyrrole nitrogens is 1. The highest BCUT2D eigenvalue weighted by Gasteiger charge is 1.97. The molecule has 2 aromatic rings. The molecule has 0 aliphatic rings. The molecule has 1 aromatic heterocycles. The fourth-order valence-electron chi connectivity index (χ4n) is 1.47. The number of aromatic amines is 1. The monoisotopic (exact) mass is 201 g/mol. The van der Waals surface area contributed by atoms with Crippen LogP contribution < -0.4 is 5.32 Å². The van der Waals surface area contributed by atoms with Crippen molar-refractivity contribution in [1.82, 2.24) is 10.2 Å². The van der Waals surface area contributed by atoms with E-state index < -0.39 is 0 Å². The lowest BCUT2D eigenvalue weighted by atomic mass is 10.1. The van der Waals surface area contributed by atoms with Crippen molar-refractivity contribution in [3.05, 3.63) is 47.3 Å². The van der Waals surface area contributed by atoms with Crippen LogP contribution in [0.1, 0.15) is 16.7 Å². The Morgan fingerprint density at radius 3 is 2.80 bits per heavy atom. The summed E-state index contributed by atoms with van der Waals surface area (Å²) in [7, 11) is 0. The molecule has 0 bridgehead atoms. The lowest BCUT2D eigenvalue weighted by molar-refractivity contribution is 1.09. The summed E-state index contributed by atoms with van der Waals surface area (Å²) in [5, 5.41) is 9.95. The van der Waals surface area contributed by atoms with Crippen LogP contribution in [0.25, 0.3) is 0 Å². The summed E-state index contributed by atoms with van der Waals surface area (Å²) >= 11 is 0. The van der Waals surface area contributed by atoms with Gasteiger partial charge in [0, 0.05) is 12.7 Å². The van der Waals surface area contributed by atoms with E-state index in [0.29, 0.717) is 0 Å². The Morgan fingerprint density at radius 1 is 1.27 bits per heavy atom. The maximum Gasteiger partial charge on any atom is 0.0726 e. The summed E-state index contributed by atoms with van der Waals surface area (Å²) in [4.78, 5) is 0. The van der Waals surface area contributed by atoms with E-state index in [1.54, 1.807) is 6.20 Å². The topological polar surface area (TPSA) is 40.7 Å². The van der Waals surface area contributed by atoms with Crippen molar-refractivity contribution < 1.29 is 0 Å². The largest absolute Gasteiger partial charge is 0.378 e. The summed E-state index contributed by atoms with van der Waals surface area (Å²) in [6.45, 7) is 5.10. The number of hydrogen-bond acceptors (Lipinski definition) is 2. The molecule has 15 heavy (non-hydrogen) atoms. The Labute approximate surface area is 89.5 Å². The second-order valence-corrected chi connectivity index (χ2v) is 3.76. The second kappa shape index (κ2) is 4.17. The second-order valence-electron chi connectivity index (χ2n) is 3.76. The number of anilines is 1. The van der Waals surface area contributed by atoms with Gasteiger partial charge >= 0.3 is 0 Å². The van der Waals surface area contributed by atoms with Crippen molar-refractivity contribution in [2.24, 2.45) is 0 Å². The molecule has 0 amide bonds. The molecule has 0 unspecified atom stereocenters. The van der Waals surface area contributed by atoms with Crippen molar-refractivity contribution in [2.75, 3.05) is 5.32 Å². The van der Waals surface area contributed by atoms with Crippen molar-refractivity contribution in [3.63, 3.8) is 0 Å². The number of nitrogens with one attached hydrogen (secondary N) is 2. The molecule has 1 heterocycles. The van der Waals surface area contributed by atoms with Crippen LogP contribution in [-0.4, -0.2) is 10.2 Å². The Balaban J connectivity index is 2.02. The maximum absolute atomic E-state index is 3.88. The molecule has 0 fully saturated rings. The average Bonchev–Trinajstić information content (AvgIpc) is 2.73. The van der Waals surface area contributed by atoms with Gasteiger partial charge in [0.15, 0.2) is 0 Å². The minimum Gasteiger partial charge on any atom is -0.378 e. The molecule has 0 saturated carbocycles. The number of aryl methyl sites for hydroxylation is 2. The average molecular weight is 201 g/mol. The van der Waals surface area contributed by atoms with Gasteiger partial charge < -0.3 is 5.32 Å². The highest BCUT2D eigenvalue weighted by molar-refractivity contribution is 5.39. The first kappa shape index (κ1) is 9.77. The third kappa shape index (κ3) is 2.37. The van der Waals surface area contributed by atoms with Crippen LogP contribution in [0.4, 0.5) is 5.69 Å². The summed E-state index contributed by atoms with van der Waals surface area (Å²) < 4.78 is 0. The zero-order valence-corrected chi connectivity index (χ0v) is 9.04. The fourth-order valence-corrected chi connectivity index (χ4v) is 1.47. The van der Waals surface area contributed by atoms with Crippen LogP contribution in [0.2, 0.25) is 0 Å². The number of rotatable bonds is 3. The van der Waals surface area contributed by atoms with Crippen LogP contribution in [0.5, 0.6) is 0 Å².